The Morgan fingerprint density at radius 3 is 2.78 bits per heavy atom. The number of hydrogen-bond acceptors (Lipinski definition) is 3. The van der Waals surface area contributed by atoms with Crippen LogP contribution in [0.1, 0.15) is 52.4 Å². The van der Waals surface area contributed by atoms with Crippen LogP contribution in [0, 0.1) is 28.6 Å². The summed E-state index contributed by atoms with van der Waals surface area (Å²) in [6, 6.07) is 4.88. The van der Waals surface area contributed by atoms with Gasteiger partial charge in [0.1, 0.15) is 0 Å². The molecular formula is C23H32N2O2. The van der Waals surface area contributed by atoms with Gasteiger partial charge < -0.3 is 14.6 Å². The first-order chi connectivity index (χ1) is 12.9. The molecule has 1 N–H and O–H groups in total. The van der Waals surface area contributed by atoms with Gasteiger partial charge in [-0.2, -0.15) is 0 Å². The predicted molar refractivity (Wildman–Crippen MR) is 106 cm³/mol. The Hall–Kier alpha value is -1.71. The Labute approximate surface area is 162 Å². The summed E-state index contributed by atoms with van der Waals surface area (Å²) in [7, 11) is 2.00. The molecule has 2 heterocycles. The number of amides is 1. The maximum Gasteiger partial charge on any atom is 0.246 e. The largest absolute Gasteiger partial charge is 0.449 e. The average molecular weight is 369 g/mol. The Morgan fingerprint density at radius 2 is 2.00 bits per heavy atom. The topological polar surface area (TPSA) is 45.5 Å². The summed E-state index contributed by atoms with van der Waals surface area (Å²) in [5, 5.41) is 3.70. The molecule has 1 aromatic rings. The number of carbonyl (C=O) groups excluding carboxylic acids is 1. The number of nitrogens with one attached hydrogen (secondary N) is 1. The molecule has 3 aliphatic carbocycles. The number of likely N-dealkylation sites (N-methyl/N-ethyl adjacent to an activating group) is 1. The first-order valence-corrected chi connectivity index (χ1v) is 10.7. The molecule has 4 nitrogen and oxygen atoms in total. The minimum atomic E-state index is 0.138. The number of anilines is 1. The second-order valence-corrected chi connectivity index (χ2v) is 9.91. The van der Waals surface area contributed by atoms with Crippen LogP contribution in [0.4, 0.5) is 5.88 Å². The number of rotatable bonds is 2. The molecule has 146 valence electrons. The standard InChI is InChI=1S/C23H32N2O2/c1-22-12-10-17-15(6-9-19-23(17,2)13-11-21(26)25(19)3)16(22)7-8-18(22)24-20-5-4-14-27-20/h4-5,11,13-19,24H,6-10,12H2,1-3H3/t15-,16-,17+,18?,19?,22-,23+/m0/s1. The van der Waals surface area contributed by atoms with E-state index < -0.39 is 0 Å². The third-order valence-electron chi connectivity index (χ3n) is 8.97. The molecule has 7 atom stereocenters. The molecule has 4 aliphatic rings. The molecule has 4 heteroatoms. The fraction of sp³-hybridized carbons (Fsp3) is 0.696. The lowest BCUT2D eigenvalue weighted by Gasteiger charge is -2.60. The second kappa shape index (κ2) is 5.89. The van der Waals surface area contributed by atoms with E-state index in [2.05, 4.69) is 25.2 Å². The van der Waals surface area contributed by atoms with E-state index in [-0.39, 0.29) is 11.3 Å². The van der Waals surface area contributed by atoms with Crippen molar-refractivity contribution in [2.45, 2.75) is 64.5 Å². The highest BCUT2D eigenvalue weighted by Gasteiger charge is 2.60. The average Bonchev–Trinajstić information content (AvgIpc) is 3.27. The quantitative estimate of drug-likeness (QED) is 0.823. The second-order valence-electron chi connectivity index (χ2n) is 9.91. The molecule has 1 amide bonds. The number of carbonyl (C=O) groups is 1. The molecule has 3 saturated carbocycles. The Kier molecular flexibility index (Phi) is 3.80. The van der Waals surface area contributed by atoms with Crippen LogP contribution in [-0.4, -0.2) is 29.9 Å². The van der Waals surface area contributed by atoms with E-state index in [0.29, 0.717) is 23.4 Å². The highest BCUT2D eigenvalue weighted by Crippen LogP contribution is 2.64. The van der Waals surface area contributed by atoms with Crippen LogP contribution < -0.4 is 5.32 Å². The molecule has 0 spiro atoms. The first-order valence-electron chi connectivity index (χ1n) is 10.7. The van der Waals surface area contributed by atoms with Gasteiger partial charge >= 0.3 is 0 Å². The number of furan rings is 1. The van der Waals surface area contributed by atoms with Gasteiger partial charge in [0, 0.05) is 30.6 Å². The van der Waals surface area contributed by atoms with Crippen molar-refractivity contribution in [2.75, 3.05) is 12.4 Å². The summed E-state index contributed by atoms with van der Waals surface area (Å²) in [6.07, 6.45) is 13.4. The van der Waals surface area contributed by atoms with Crippen molar-refractivity contribution >= 4 is 11.8 Å². The van der Waals surface area contributed by atoms with Crippen LogP contribution in [0.15, 0.2) is 35.0 Å². The predicted octanol–water partition coefficient (Wildman–Crippen LogP) is 4.70. The van der Waals surface area contributed by atoms with Crippen molar-refractivity contribution in [3.63, 3.8) is 0 Å². The van der Waals surface area contributed by atoms with Gasteiger partial charge in [0.05, 0.1) is 6.26 Å². The summed E-state index contributed by atoms with van der Waals surface area (Å²) in [6.45, 7) is 4.94. The number of hydrogen-bond donors (Lipinski definition) is 1. The maximum absolute atomic E-state index is 12.2. The highest BCUT2D eigenvalue weighted by molar-refractivity contribution is 5.89. The van der Waals surface area contributed by atoms with E-state index in [0.717, 1.165) is 24.1 Å². The molecule has 0 bridgehead atoms. The maximum atomic E-state index is 12.2. The van der Waals surface area contributed by atoms with Gasteiger partial charge in [-0.05, 0) is 73.8 Å². The number of fused-ring (bicyclic) bond motifs is 5. The van der Waals surface area contributed by atoms with Crippen LogP contribution >= 0.6 is 0 Å². The van der Waals surface area contributed by atoms with Gasteiger partial charge in [0.25, 0.3) is 0 Å². The molecule has 27 heavy (non-hydrogen) atoms. The minimum Gasteiger partial charge on any atom is -0.449 e. The zero-order valence-electron chi connectivity index (χ0n) is 16.8. The lowest BCUT2D eigenvalue weighted by molar-refractivity contribution is -0.138. The summed E-state index contributed by atoms with van der Waals surface area (Å²) in [4.78, 5) is 14.2. The minimum absolute atomic E-state index is 0.138. The van der Waals surface area contributed by atoms with E-state index in [9.17, 15) is 4.79 Å². The third kappa shape index (κ3) is 2.37. The lowest BCUT2D eigenvalue weighted by atomic mass is 9.48. The fourth-order valence-corrected chi connectivity index (χ4v) is 7.51. The molecule has 2 unspecified atom stereocenters. The van der Waals surface area contributed by atoms with E-state index in [1.807, 2.05) is 30.2 Å². The fourth-order valence-electron chi connectivity index (χ4n) is 7.51. The molecule has 3 fully saturated rings. The SMILES string of the molecule is CN1C(=O)C=C[C@@]2(C)C1CC[C@@H]1[C@H]2CC[C@]2(C)C(Nc3ccco3)CC[C@@H]12. The zero-order valence-corrected chi connectivity index (χ0v) is 16.8. The van der Waals surface area contributed by atoms with Crippen LogP contribution in [0.2, 0.25) is 0 Å². The summed E-state index contributed by atoms with van der Waals surface area (Å²) in [5.41, 5.74) is 0.483. The Balaban J connectivity index is 1.42. The van der Waals surface area contributed by atoms with E-state index >= 15 is 0 Å². The number of nitrogens with zero attached hydrogens (tertiary/aromatic N) is 1. The van der Waals surface area contributed by atoms with E-state index in [1.165, 1.54) is 32.1 Å². The smallest absolute Gasteiger partial charge is 0.246 e. The van der Waals surface area contributed by atoms with Crippen molar-refractivity contribution in [3.8, 4) is 0 Å². The van der Waals surface area contributed by atoms with Crippen LogP contribution in [-0.2, 0) is 4.79 Å². The monoisotopic (exact) mass is 368 g/mol. The van der Waals surface area contributed by atoms with E-state index in [1.54, 1.807) is 6.26 Å². The molecule has 0 saturated heterocycles. The van der Waals surface area contributed by atoms with Gasteiger partial charge in [0.15, 0.2) is 5.88 Å². The van der Waals surface area contributed by atoms with Crippen molar-refractivity contribution in [2.24, 2.45) is 28.6 Å². The van der Waals surface area contributed by atoms with Gasteiger partial charge in [-0.25, -0.2) is 0 Å². The van der Waals surface area contributed by atoms with Crippen LogP contribution in [0.3, 0.4) is 0 Å². The van der Waals surface area contributed by atoms with Gasteiger partial charge in [-0.15, -0.1) is 0 Å². The van der Waals surface area contributed by atoms with Gasteiger partial charge in [-0.1, -0.05) is 19.9 Å². The zero-order chi connectivity index (χ0) is 18.8. The molecule has 0 aromatic carbocycles. The molecular weight excluding hydrogens is 336 g/mol. The lowest BCUT2D eigenvalue weighted by Crippen LogP contribution is -2.60. The third-order valence-corrected chi connectivity index (χ3v) is 8.97. The molecule has 1 aromatic heterocycles. The molecule has 5 rings (SSSR count). The van der Waals surface area contributed by atoms with Gasteiger partial charge in [-0.3, -0.25) is 4.79 Å². The molecule has 1 aliphatic heterocycles. The van der Waals surface area contributed by atoms with Gasteiger partial charge in [0.2, 0.25) is 5.91 Å². The van der Waals surface area contributed by atoms with E-state index in [4.69, 9.17) is 4.42 Å². The first kappa shape index (κ1) is 17.4. The van der Waals surface area contributed by atoms with Crippen LogP contribution in [0.25, 0.3) is 0 Å². The summed E-state index contributed by atoms with van der Waals surface area (Å²) in [5.74, 6) is 3.34. The van der Waals surface area contributed by atoms with Crippen molar-refractivity contribution < 1.29 is 9.21 Å². The van der Waals surface area contributed by atoms with Crippen molar-refractivity contribution in [1.29, 1.82) is 0 Å². The Morgan fingerprint density at radius 1 is 1.15 bits per heavy atom. The molecule has 0 radical (unpaired) electrons. The highest BCUT2D eigenvalue weighted by atomic mass is 16.3. The summed E-state index contributed by atoms with van der Waals surface area (Å²) < 4.78 is 5.58. The van der Waals surface area contributed by atoms with Crippen molar-refractivity contribution in [1.82, 2.24) is 4.90 Å². The van der Waals surface area contributed by atoms with Crippen LogP contribution in [0.5, 0.6) is 0 Å². The summed E-state index contributed by atoms with van der Waals surface area (Å²) >= 11 is 0. The van der Waals surface area contributed by atoms with Crippen molar-refractivity contribution in [3.05, 3.63) is 30.5 Å². The Bertz CT molecular complexity index is 756. The normalized spacial score (nSPS) is 46.0.